The smallest absolute Gasteiger partial charge is 0.307 e. The van der Waals surface area contributed by atoms with Gasteiger partial charge < -0.3 is 15.3 Å². The van der Waals surface area contributed by atoms with Crippen molar-refractivity contribution >= 4 is 46.6 Å². The summed E-state index contributed by atoms with van der Waals surface area (Å²) in [6, 6.07) is -0.181. The second kappa shape index (κ2) is 25.8. The van der Waals surface area contributed by atoms with E-state index in [4.69, 9.17) is 30.8 Å². The van der Waals surface area contributed by atoms with Crippen molar-refractivity contribution in [1.29, 1.82) is 0 Å². The SMILES string of the molecule is CC1CCC(OOSOC2CCC(C(=O)NC3CCCC(S(=O)OC4CCCC(NOCC5CCC(OS(=O)OC6CCC(C)CC6)CC5COO)C4)C3)C(C(=O)O)C2)CC1. The molecule has 19 heteroatoms. The summed E-state index contributed by atoms with van der Waals surface area (Å²) in [5, 5.41) is 22.2. The number of amides is 1. The third-order valence-corrected chi connectivity index (χ3v) is 17.0. The van der Waals surface area contributed by atoms with Crippen molar-refractivity contribution in [1.82, 2.24) is 10.8 Å². The van der Waals surface area contributed by atoms with Crippen LogP contribution in [0.15, 0.2) is 0 Å². The quantitative estimate of drug-likeness (QED) is 0.0384. The highest BCUT2D eigenvalue weighted by Gasteiger charge is 2.42. The average molecular weight is 925 g/mol. The normalized spacial score (nSPS) is 38.6. The summed E-state index contributed by atoms with van der Waals surface area (Å²) in [7, 11) is 0. The van der Waals surface area contributed by atoms with Gasteiger partial charge in [-0.15, -0.1) is 4.33 Å². The van der Waals surface area contributed by atoms with Gasteiger partial charge in [-0.2, -0.15) is 9.69 Å². The van der Waals surface area contributed by atoms with E-state index in [1.807, 2.05) is 0 Å². The number of hydrogen-bond donors (Lipinski definition) is 4. The van der Waals surface area contributed by atoms with Gasteiger partial charge in [0, 0.05) is 12.1 Å². The molecule has 352 valence electrons. The fourth-order valence-electron chi connectivity index (χ4n) is 10.3. The lowest BCUT2D eigenvalue weighted by atomic mass is 9.77. The summed E-state index contributed by atoms with van der Waals surface area (Å²) in [6.07, 6.45) is 16.4. The van der Waals surface area contributed by atoms with E-state index < -0.39 is 40.2 Å². The molecule has 16 nitrogen and oxygen atoms in total. The van der Waals surface area contributed by atoms with Crippen molar-refractivity contribution in [3.8, 4) is 0 Å². The molecule has 6 fully saturated rings. The van der Waals surface area contributed by atoms with Crippen molar-refractivity contribution in [2.24, 2.45) is 35.5 Å². The van der Waals surface area contributed by atoms with E-state index in [1.54, 1.807) is 0 Å². The zero-order valence-corrected chi connectivity index (χ0v) is 38.5. The Hall–Kier alpha value is -0.810. The maximum atomic E-state index is 13.6. The van der Waals surface area contributed by atoms with Crippen LogP contribution in [0.25, 0.3) is 0 Å². The molecule has 0 radical (unpaired) electrons. The first kappa shape index (κ1) is 49.6. The highest BCUT2D eigenvalue weighted by atomic mass is 32.2. The monoisotopic (exact) mass is 924 g/mol. The van der Waals surface area contributed by atoms with Crippen molar-refractivity contribution in [3.05, 3.63) is 0 Å². The second-order valence-corrected chi connectivity index (χ2v) is 21.6. The largest absolute Gasteiger partial charge is 0.481 e. The number of carbonyl (C=O) groups excluding carboxylic acids is 1. The van der Waals surface area contributed by atoms with Gasteiger partial charge in [-0.1, -0.05) is 20.3 Å². The van der Waals surface area contributed by atoms with Crippen molar-refractivity contribution in [2.45, 2.75) is 203 Å². The van der Waals surface area contributed by atoms with Crippen LogP contribution < -0.4 is 10.8 Å². The van der Waals surface area contributed by atoms with Crippen LogP contribution in [0.3, 0.4) is 0 Å². The van der Waals surface area contributed by atoms with Crippen molar-refractivity contribution < 1.29 is 64.0 Å². The van der Waals surface area contributed by atoms with Crippen LogP contribution >= 0.6 is 12.3 Å². The number of carbonyl (C=O) groups is 2. The van der Waals surface area contributed by atoms with Gasteiger partial charge in [0.15, 0.2) is 23.4 Å². The highest BCUT2D eigenvalue weighted by molar-refractivity contribution is 7.89. The average Bonchev–Trinajstić information content (AvgIpc) is 3.25. The van der Waals surface area contributed by atoms with Crippen LogP contribution in [0.4, 0.5) is 0 Å². The van der Waals surface area contributed by atoms with Gasteiger partial charge in [0.25, 0.3) is 0 Å². The molecule has 6 saturated carbocycles. The van der Waals surface area contributed by atoms with Crippen LogP contribution in [-0.2, 0) is 67.7 Å². The van der Waals surface area contributed by atoms with Crippen LogP contribution in [0.2, 0.25) is 0 Å². The predicted octanol–water partition coefficient (Wildman–Crippen LogP) is 7.37. The minimum absolute atomic E-state index is 0.0244. The molecule has 61 heavy (non-hydrogen) atoms. The molecule has 0 aromatic heterocycles. The molecule has 0 aromatic rings. The Balaban J connectivity index is 0.865. The Labute approximate surface area is 371 Å². The van der Waals surface area contributed by atoms with Crippen LogP contribution in [0, 0.1) is 35.5 Å². The molecule has 0 aromatic carbocycles. The molecular weight excluding hydrogens is 853 g/mol. The van der Waals surface area contributed by atoms with E-state index in [0.717, 1.165) is 109 Å². The summed E-state index contributed by atoms with van der Waals surface area (Å²) < 4.78 is 54.8. The third kappa shape index (κ3) is 16.2. The number of hydroxylamine groups is 1. The highest BCUT2D eigenvalue weighted by Crippen LogP contribution is 2.37. The summed E-state index contributed by atoms with van der Waals surface area (Å²) in [6.45, 7) is 5.00. The number of carboxylic acid groups (broad SMARTS) is 1. The molecule has 1 amide bonds. The Morgan fingerprint density at radius 3 is 2.03 bits per heavy atom. The molecule has 0 bridgehead atoms. The summed E-state index contributed by atoms with van der Waals surface area (Å²) in [4.78, 5) is 41.8. The Morgan fingerprint density at radius 2 is 1.30 bits per heavy atom. The lowest BCUT2D eigenvalue weighted by molar-refractivity contribution is -0.258. The summed E-state index contributed by atoms with van der Waals surface area (Å²) >= 11 is -2.62. The number of rotatable bonds is 21. The number of carboxylic acids is 1. The molecule has 0 heterocycles. The fraction of sp³-hybridized carbons (Fsp3) is 0.952. The minimum Gasteiger partial charge on any atom is -0.481 e. The third-order valence-electron chi connectivity index (χ3n) is 14.2. The number of nitrogens with one attached hydrogen (secondary N) is 2. The van der Waals surface area contributed by atoms with E-state index in [2.05, 4.69) is 29.5 Å². The fourth-order valence-corrected chi connectivity index (χ4v) is 13.0. The molecule has 0 aliphatic heterocycles. The molecular formula is C42H72N2O14S3. The first-order chi connectivity index (χ1) is 29.5. The van der Waals surface area contributed by atoms with Crippen LogP contribution in [0.5, 0.6) is 0 Å². The van der Waals surface area contributed by atoms with Gasteiger partial charge in [0.1, 0.15) is 0 Å². The van der Waals surface area contributed by atoms with Gasteiger partial charge in [-0.25, -0.2) is 14.0 Å². The molecule has 0 spiro atoms. The first-order valence-electron chi connectivity index (χ1n) is 23.2. The molecule has 6 rings (SSSR count). The van der Waals surface area contributed by atoms with Crippen molar-refractivity contribution in [3.63, 3.8) is 0 Å². The second-order valence-electron chi connectivity index (χ2n) is 19.0. The van der Waals surface area contributed by atoms with E-state index >= 15 is 0 Å². The van der Waals surface area contributed by atoms with E-state index in [1.165, 1.54) is 0 Å². The lowest BCUT2D eigenvalue weighted by Crippen LogP contribution is -2.48. The summed E-state index contributed by atoms with van der Waals surface area (Å²) in [5.74, 6) is -1.41. The van der Waals surface area contributed by atoms with E-state index in [-0.39, 0.29) is 78.6 Å². The zero-order valence-electron chi connectivity index (χ0n) is 36.1. The van der Waals surface area contributed by atoms with Crippen LogP contribution in [0.1, 0.15) is 155 Å². The molecule has 4 N–H and O–H groups in total. The maximum absolute atomic E-state index is 13.6. The molecule has 12 unspecified atom stereocenters. The maximum Gasteiger partial charge on any atom is 0.307 e. The van der Waals surface area contributed by atoms with Gasteiger partial charge >= 0.3 is 17.3 Å². The lowest BCUT2D eigenvalue weighted by Gasteiger charge is -2.36. The van der Waals surface area contributed by atoms with E-state index in [9.17, 15) is 28.4 Å². The minimum atomic E-state index is -1.81. The van der Waals surface area contributed by atoms with Gasteiger partial charge in [0.05, 0.1) is 60.8 Å². The van der Waals surface area contributed by atoms with Gasteiger partial charge in [-0.05, 0) is 159 Å². The summed E-state index contributed by atoms with van der Waals surface area (Å²) in [5.41, 5.74) is 3.21. The van der Waals surface area contributed by atoms with Gasteiger partial charge in [0.2, 0.25) is 5.91 Å². The first-order valence-corrected chi connectivity index (χ1v) is 26.0. The van der Waals surface area contributed by atoms with E-state index in [0.29, 0.717) is 57.0 Å². The molecule has 12 atom stereocenters. The van der Waals surface area contributed by atoms with Crippen LogP contribution in [-0.4, -0.2) is 91.7 Å². The topological polar surface area (TPSA) is 207 Å². The Bertz CT molecular complexity index is 1390. The zero-order chi connectivity index (χ0) is 43.1. The number of aliphatic carboxylic acids is 1. The molecule has 6 aliphatic rings. The predicted molar refractivity (Wildman–Crippen MR) is 228 cm³/mol. The van der Waals surface area contributed by atoms with Crippen molar-refractivity contribution in [2.75, 3.05) is 13.2 Å². The Morgan fingerprint density at radius 1 is 0.639 bits per heavy atom. The standard InChI is InChI=1S/C42H72N2O14S3/c1-27-9-14-33(15-10-27)53-58-59-54-35-19-20-39(40(24-35)42(46)47)41(45)43-31-5-4-8-38(23-31)60(49)55-36-7-3-6-32(22-36)44-51-25-29-13-18-37(21-30(29)26-52-48)57-61(50)56-34-16-11-28(2)12-17-34/h27-40,44,48H,3-26H2,1-2H3,(H,43,45)(H,46,47). The Kier molecular flexibility index (Phi) is 21.0. The number of hydrogen-bond acceptors (Lipinski definition) is 15. The molecule has 0 saturated heterocycles. The van der Waals surface area contributed by atoms with Gasteiger partial charge in [-0.3, -0.25) is 31.6 Å². The molecule has 6 aliphatic carbocycles.